The molecule has 0 spiro atoms. The molecule has 0 radical (unpaired) electrons. The first-order valence-corrected chi connectivity index (χ1v) is 9.74. The predicted molar refractivity (Wildman–Crippen MR) is 95.0 cm³/mol. The topological polar surface area (TPSA) is 60.1 Å². The van der Waals surface area contributed by atoms with Crippen LogP contribution in [0.4, 0.5) is 0 Å². The van der Waals surface area contributed by atoms with Gasteiger partial charge in [-0.1, -0.05) is 6.07 Å². The van der Waals surface area contributed by atoms with Crippen LogP contribution >= 0.6 is 34.4 Å². The molecule has 0 bridgehead atoms. The maximum absolute atomic E-state index is 12.6. The molecule has 23 heavy (non-hydrogen) atoms. The number of rotatable bonds is 3. The van der Waals surface area contributed by atoms with Crippen LogP contribution in [0.5, 0.6) is 0 Å². The molecule has 1 amide bonds. The second-order valence-corrected chi connectivity index (χ2v) is 7.32. The molecule has 118 valence electrons. The van der Waals surface area contributed by atoms with Gasteiger partial charge in [-0.25, -0.2) is 9.97 Å². The highest BCUT2D eigenvalue weighted by Crippen LogP contribution is 2.27. The third kappa shape index (κ3) is 3.29. The molecule has 3 heterocycles. The molecular weight excluding hydrogens is 348 g/mol. The van der Waals surface area contributed by atoms with E-state index < -0.39 is 0 Å². The number of thiophene rings is 1. The van der Waals surface area contributed by atoms with Gasteiger partial charge in [0.05, 0.1) is 16.1 Å². The summed E-state index contributed by atoms with van der Waals surface area (Å²) in [4.78, 5) is 27.5. The van der Waals surface area contributed by atoms with Gasteiger partial charge in [0, 0.05) is 18.6 Å². The lowest BCUT2D eigenvalue weighted by Gasteiger charge is -2.08. The minimum Gasteiger partial charge on any atom is -0.327 e. The molecule has 0 unspecified atom stereocenters. The molecule has 0 aromatic carbocycles. The van der Waals surface area contributed by atoms with E-state index in [1.54, 1.807) is 11.3 Å². The van der Waals surface area contributed by atoms with Crippen molar-refractivity contribution >= 4 is 40.3 Å². The fourth-order valence-corrected chi connectivity index (χ4v) is 4.04. The summed E-state index contributed by atoms with van der Waals surface area (Å²) in [6, 6.07) is 3.93. The Morgan fingerprint density at radius 3 is 2.74 bits per heavy atom. The van der Waals surface area contributed by atoms with Gasteiger partial charge >= 0.3 is 0 Å². The van der Waals surface area contributed by atoms with E-state index in [2.05, 4.69) is 15.0 Å². The van der Waals surface area contributed by atoms with Crippen LogP contribution in [0, 0.1) is 6.92 Å². The maximum Gasteiger partial charge on any atom is 0.284 e. The van der Waals surface area contributed by atoms with Gasteiger partial charge < -0.3 is 4.57 Å². The Morgan fingerprint density at radius 1 is 1.30 bits per heavy atom. The van der Waals surface area contributed by atoms with Crippen LogP contribution < -0.4 is 4.80 Å². The second kappa shape index (κ2) is 6.77. The van der Waals surface area contributed by atoms with E-state index in [-0.39, 0.29) is 5.91 Å². The van der Waals surface area contributed by atoms with Crippen LogP contribution in [0.2, 0.25) is 0 Å². The third-order valence-electron chi connectivity index (χ3n) is 3.16. The van der Waals surface area contributed by atoms with Crippen molar-refractivity contribution in [2.24, 2.45) is 12.0 Å². The zero-order valence-electron chi connectivity index (χ0n) is 12.8. The van der Waals surface area contributed by atoms with E-state index in [0.717, 1.165) is 4.88 Å². The van der Waals surface area contributed by atoms with Crippen LogP contribution in [-0.2, 0) is 7.05 Å². The number of carbonyl (C=O) groups excluding carboxylic acids is 1. The average Bonchev–Trinajstić information content (AvgIpc) is 3.19. The first kappa shape index (κ1) is 16.1. The smallest absolute Gasteiger partial charge is 0.284 e. The van der Waals surface area contributed by atoms with Gasteiger partial charge in [-0.2, -0.15) is 4.99 Å². The summed E-state index contributed by atoms with van der Waals surface area (Å²) in [6.45, 7) is 1.83. The summed E-state index contributed by atoms with van der Waals surface area (Å²) in [5, 5.41) is 4.54. The van der Waals surface area contributed by atoms with E-state index in [1.807, 2.05) is 53.9 Å². The number of hydrogen-bond donors (Lipinski definition) is 0. The van der Waals surface area contributed by atoms with Crippen LogP contribution in [0.15, 0.2) is 39.1 Å². The fraction of sp³-hybridized carbons (Fsp3) is 0.200. The summed E-state index contributed by atoms with van der Waals surface area (Å²) in [7, 11) is 1.86. The Morgan fingerprint density at radius 2 is 2.13 bits per heavy atom. The van der Waals surface area contributed by atoms with Crippen molar-refractivity contribution in [2.75, 3.05) is 6.26 Å². The average molecular weight is 363 g/mol. The first-order valence-electron chi connectivity index (χ1n) is 6.76. The van der Waals surface area contributed by atoms with Gasteiger partial charge in [0.15, 0.2) is 10.6 Å². The van der Waals surface area contributed by atoms with E-state index >= 15 is 0 Å². The molecule has 3 aromatic rings. The molecule has 3 aromatic heterocycles. The van der Waals surface area contributed by atoms with E-state index in [9.17, 15) is 4.79 Å². The number of aromatic nitrogens is 3. The number of hydrogen-bond acceptors (Lipinski definition) is 6. The first-order chi connectivity index (χ1) is 11.1. The Balaban J connectivity index is 2.09. The van der Waals surface area contributed by atoms with Crippen molar-refractivity contribution in [2.45, 2.75) is 11.9 Å². The highest BCUT2D eigenvalue weighted by atomic mass is 32.2. The highest BCUT2D eigenvalue weighted by Gasteiger charge is 2.19. The molecule has 0 aliphatic rings. The highest BCUT2D eigenvalue weighted by molar-refractivity contribution is 7.98. The second-order valence-electron chi connectivity index (χ2n) is 4.71. The molecule has 5 nitrogen and oxygen atoms in total. The van der Waals surface area contributed by atoms with E-state index in [4.69, 9.17) is 0 Å². The molecule has 0 aliphatic heterocycles. The molecule has 3 rings (SSSR count). The van der Waals surface area contributed by atoms with Crippen molar-refractivity contribution in [3.05, 3.63) is 45.1 Å². The summed E-state index contributed by atoms with van der Waals surface area (Å²) in [5.74, 6) is 0.350. The minimum atomic E-state index is -0.303. The van der Waals surface area contributed by atoms with Crippen LogP contribution in [-0.4, -0.2) is 26.7 Å². The van der Waals surface area contributed by atoms with Gasteiger partial charge in [-0.15, -0.1) is 34.4 Å². The molecule has 0 saturated carbocycles. The standard InChI is InChI=1S/C15H14N4OS3/c1-9-11(13(20)18-15-19(2)6-8-23-15)14(21-3)17-12(16-9)10-5-4-7-22-10/h4-8H,1-3H3. The number of thiazole rings is 1. The van der Waals surface area contributed by atoms with E-state index in [1.165, 1.54) is 23.1 Å². The SMILES string of the molecule is CSc1nc(-c2cccs2)nc(C)c1C(=O)N=c1sccn1C. The number of thioether (sulfide) groups is 1. The van der Waals surface area contributed by atoms with Crippen molar-refractivity contribution in [3.63, 3.8) is 0 Å². The van der Waals surface area contributed by atoms with Crippen molar-refractivity contribution in [1.82, 2.24) is 14.5 Å². The van der Waals surface area contributed by atoms with Crippen LogP contribution in [0.1, 0.15) is 16.1 Å². The van der Waals surface area contributed by atoms with E-state index in [0.29, 0.717) is 26.9 Å². The number of aryl methyl sites for hydroxylation is 2. The Kier molecular flexibility index (Phi) is 4.74. The maximum atomic E-state index is 12.6. The number of amides is 1. The lowest BCUT2D eigenvalue weighted by Crippen LogP contribution is -2.15. The zero-order chi connectivity index (χ0) is 16.4. The normalized spacial score (nSPS) is 11.9. The molecule has 0 N–H and O–H groups in total. The van der Waals surface area contributed by atoms with Crippen LogP contribution in [0.25, 0.3) is 10.7 Å². The number of carbonyl (C=O) groups is 1. The summed E-state index contributed by atoms with van der Waals surface area (Å²) < 4.78 is 1.82. The minimum absolute atomic E-state index is 0.303. The van der Waals surface area contributed by atoms with Crippen molar-refractivity contribution < 1.29 is 4.79 Å². The summed E-state index contributed by atoms with van der Waals surface area (Å²) in [5.41, 5.74) is 1.13. The predicted octanol–water partition coefficient (Wildman–Crippen LogP) is 3.38. The Bertz CT molecular complexity index is 909. The van der Waals surface area contributed by atoms with Gasteiger partial charge in [-0.3, -0.25) is 4.79 Å². The number of nitrogens with zero attached hydrogens (tertiary/aromatic N) is 4. The lowest BCUT2D eigenvalue weighted by molar-refractivity contribution is 0.0993. The molecular formula is C15H14N4OS3. The molecule has 8 heteroatoms. The van der Waals surface area contributed by atoms with Gasteiger partial charge in [-0.05, 0) is 24.6 Å². The van der Waals surface area contributed by atoms with Crippen LogP contribution in [0.3, 0.4) is 0 Å². The molecule has 0 aliphatic carbocycles. The molecule has 0 fully saturated rings. The van der Waals surface area contributed by atoms with Crippen molar-refractivity contribution in [3.8, 4) is 10.7 Å². The zero-order valence-corrected chi connectivity index (χ0v) is 15.3. The monoisotopic (exact) mass is 362 g/mol. The fourth-order valence-electron chi connectivity index (χ4n) is 2.03. The van der Waals surface area contributed by atoms with Gasteiger partial charge in [0.1, 0.15) is 5.03 Å². The summed E-state index contributed by atoms with van der Waals surface area (Å²) in [6.07, 6.45) is 3.78. The van der Waals surface area contributed by atoms with Gasteiger partial charge in [0.25, 0.3) is 5.91 Å². The molecule has 0 atom stereocenters. The van der Waals surface area contributed by atoms with Gasteiger partial charge in [0.2, 0.25) is 0 Å². The van der Waals surface area contributed by atoms with Crippen molar-refractivity contribution in [1.29, 1.82) is 0 Å². The summed E-state index contributed by atoms with van der Waals surface area (Å²) >= 11 is 4.44. The Labute approximate surface area is 145 Å². The largest absolute Gasteiger partial charge is 0.327 e. The molecule has 0 saturated heterocycles. The Hall–Kier alpha value is -1.77. The quantitative estimate of drug-likeness (QED) is 0.529. The third-order valence-corrected chi connectivity index (χ3v) is 5.56. The lowest BCUT2D eigenvalue weighted by atomic mass is 10.2.